The van der Waals surface area contributed by atoms with Crippen molar-refractivity contribution in [3.8, 4) is 11.5 Å². The maximum atomic E-state index is 12.9. The molecule has 6 heteroatoms. The maximum absolute atomic E-state index is 12.9. The van der Waals surface area contributed by atoms with Crippen LogP contribution < -0.4 is 5.76 Å². The van der Waals surface area contributed by atoms with E-state index in [1.165, 1.54) is 12.1 Å². The lowest BCUT2D eigenvalue weighted by atomic mass is 10.2. The minimum absolute atomic E-state index is 0.183. The highest BCUT2D eigenvalue weighted by atomic mass is 19.1. The van der Waals surface area contributed by atoms with E-state index in [0.29, 0.717) is 11.1 Å². The number of aromatic nitrogens is 3. The molecule has 0 aliphatic rings. The van der Waals surface area contributed by atoms with Crippen molar-refractivity contribution in [2.75, 3.05) is 0 Å². The molecule has 16 heavy (non-hydrogen) atoms. The lowest BCUT2D eigenvalue weighted by Gasteiger charge is -1.92. The van der Waals surface area contributed by atoms with Gasteiger partial charge in [0.15, 0.2) is 0 Å². The van der Waals surface area contributed by atoms with Crippen LogP contribution in [0.15, 0.2) is 33.6 Å². The number of benzene rings is 1. The highest BCUT2D eigenvalue weighted by molar-refractivity contribution is 5.93. The lowest BCUT2D eigenvalue weighted by molar-refractivity contribution is 0.527. The van der Waals surface area contributed by atoms with Crippen LogP contribution in [0.25, 0.3) is 22.4 Å². The highest BCUT2D eigenvalue weighted by Gasteiger charge is 2.11. The van der Waals surface area contributed by atoms with Crippen molar-refractivity contribution in [2.45, 2.75) is 0 Å². The van der Waals surface area contributed by atoms with Crippen LogP contribution in [-0.2, 0) is 0 Å². The van der Waals surface area contributed by atoms with Gasteiger partial charge in [0.2, 0.25) is 0 Å². The molecule has 2 N–H and O–H groups in total. The van der Waals surface area contributed by atoms with E-state index >= 15 is 0 Å². The van der Waals surface area contributed by atoms with Gasteiger partial charge in [-0.15, -0.1) is 5.10 Å². The van der Waals surface area contributed by atoms with Crippen LogP contribution in [0.5, 0.6) is 0 Å². The molecule has 2 heterocycles. The second-order valence-corrected chi connectivity index (χ2v) is 3.31. The third-order valence-electron chi connectivity index (χ3n) is 2.31. The molecular weight excluding hydrogens is 213 g/mol. The minimum Gasteiger partial charge on any atom is -0.388 e. The van der Waals surface area contributed by atoms with E-state index in [1.807, 2.05) is 0 Å². The van der Waals surface area contributed by atoms with Gasteiger partial charge in [-0.05, 0) is 18.2 Å². The predicted octanol–water partition coefficient (Wildman–Crippen LogP) is 1.65. The van der Waals surface area contributed by atoms with E-state index < -0.39 is 5.76 Å². The number of H-pyrrole nitrogens is 2. The Bertz CT molecular complexity index is 710. The molecule has 2 aromatic heterocycles. The second-order valence-electron chi connectivity index (χ2n) is 3.31. The van der Waals surface area contributed by atoms with Crippen LogP contribution >= 0.6 is 0 Å². The maximum Gasteiger partial charge on any atom is 0.434 e. The van der Waals surface area contributed by atoms with Gasteiger partial charge in [-0.1, -0.05) is 0 Å². The summed E-state index contributed by atoms with van der Waals surface area (Å²) in [7, 11) is 0. The number of hydrogen-bond acceptors (Lipinski definition) is 3. The molecule has 0 unspecified atom stereocenters. The molecule has 0 saturated carbocycles. The summed E-state index contributed by atoms with van der Waals surface area (Å²) in [6.45, 7) is 0. The van der Waals surface area contributed by atoms with Crippen molar-refractivity contribution in [1.29, 1.82) is 0 Å². The molecule has 0 fully saturated rings. The van der Waals surface area contributed by atoms with Gasteiger partial charge >= 0.3 is 5.76 Å². The molecule has 0 radical (unpaired) electrons. The van der Waals surface area contributed by atoms with Gasteiger partial charge in [0, 0.05) is 17.1 Å². The molecular formula is C10H6FN3O2. The van der Waals surface area contributed by atoms with Crippen LogP contribution in [0.2, 0.25) is 0 Å². The van der Waals surface area contributed by atoms with Crippen molar-refractivity contribution in [3.63, 3.8) is 0 Å². The average molecular weight is 219 g/mol. The Morgan fingerprint density at radius 1 is 1.38 bits per heavy atom. The summed E-state index contributed by atoms with van der Waals surface area (Å²) in [5.41, 5.74) is 1.24. The molecule has 0 atom stereocenters. The van der Waals surface area contributed by atoms with Crippen molar-refractivity contribution in [3.05, 3.63) is 40.8 Å². The first-order valence-corrected chi connectivity index (χ1v) is 4.56. The van der Waals surface area contributed by atoms with E-state index in [9.17, 15) is 9.18 Å². The molecule has 0 bridgehead atoms. The van der Waals surface area contributed by atoms with Gasteiger partial charge in [-0.2, -0.15) is 0 Å². The molecule has 3 rings (SSSR count). The normalized spacial score (nSPS) is 11.1. The number of halogens is 1. The Morgan fingerprint density at radius 2 is 2.25 bits per heavy atom. The molecule has 80 valence electrons. The average Bonchev–Trinajstić information content (AvgIpc) is 2.83. The van der Waals surface area contributed by atoms with E-state index in [-0.39, 0.29) is 11.7 Å². The Labute approximate surface area is 87.9 Å². The summed E-state index contributed by atoms with van der Waals surface area (Å²) in [6, 6.07) is 4.30. The van der Waals surface area contributed by atoms with E-state index in [4.69, 9.17) is 4.42 Å². The van der Waals surface area contributed by atoms with Gasteiger partial charge in [0.25, 0.3) is 5.89 Å². The zero-order valence-electron chi connectivity index (χ0n) is 7.95. The van der Waals surface area contributed by atoms with Crippen molar-refractivity contribution in [2.24, 2.45) is 0 Å². The Balaban J connectivity index is 2.29. The largest absolute Gasteiger partial charge is 0.434 e. The molecule has 3 aromatic rings. The zero-order chi connectivity index (χ0) is 11.1. The van der Waals surface area contributed by atoms with Crippen molar-refractivity contribution < 1.29 is 8.81 Å². The predicted molar refractivity (Wildman–Crippen MR) is 54.4 cm³/mol. The lowest BCUT2D eigenvalue weighted by Crippen LogP contribution is -1.93. The topological polar surface area (TPSA) is 74.7 Å². The first kappa shape index (κ1) is 8.90. The molecule has 1 aromatic carbocycles. The number of nitrogens with zero attached hydrogens (tertiary/aromatic N) is 1. The molecule has 0 spiro atoms. The summed E-state index contributed by atoms with van der Waals surface area (Å²) in [5.74, 6) is -0.765. The Hall–Kier alpha value is -2.37. The molecule has 0 amide bonds. The number of rotatable bonds is 1. The summed E-state index contributed by atoms with van der Waals surface area (Å²) < 4.78 is 17.8. The van der Waals surface area contributed by atoms with Crippen LogP contribution in [0.4, 0.5) is 4.39 Å². The fourth-order valence-corrected chi connectivity index (χ4v) is 1.62. The number of hydrogen-bond donors (Lipinski definition) is 2. The monoisotopic (exact) mass is 219 g/mol. The van der Waals surface area contributed by atoms with Crippen LogP contribution in [-0.4, -0.2) is 15.2 Å². The van der Waals surface area contributed by atoms with Gasteiger partial charge < -0.3 is 9.40 Å². The quantitative estimate of drug-likeness (QED) is 0.653. The standard InChI is InChI=1S/C10H6FN3O2/c11-5-1-2-6-7(4-12-8(6)3-5)9-13-14-10(15)16-9/h1-4,12H,(H,14,15). The van der Waals surface area contributed by atoms with Crippen molar-refractivity contribution >= 4 is 10.9 Å². The molecule has 0 aliphatic carbocycles. The van der Waals surface area contributed by atoms with Crippen LogP contribution in [0.3, 0.4) is 0 Å². The van der Waals surface area contributed by atoms with E-state index in [0.717, 1.165) is 5.39 Å². The summed E-state index contributed by atoms with van der Waals surface area (Å²) >= 11 is 0. The number of fused-ring (bicyclic) bond motifs is 1. The van der Waals surface area contributed by atoms with Crippen molar-refractivity contribution in [1.82, 2.24) is 15.2 Å². The SMILES string of the molecule is O=c1[nH]nc(-c2c[nH]c3cc(F)ccc23)o1. The minimum atomic E-state index is -0.619. The van der Waals surface area contributed by atoms with Gasteiger partial charge in [0.05, 0.1) is 5.56 Å². The summed E-state index contributed by atoms with van der Waals surface area (Å²) in [4.78, 5) is 13.7. The fourth-order valence-electron chi connectivity index (χ4n) is 1.62. The Kier molecular flexibility index (Phi) is 1.70. The third kappa shape index (κ3) is 1.23. The van der Waals surface area contributed by atoms with Gasteiger partial charge in [-0.25, -0.2) is 14.3 Å². The van der Waals surface area contributed by atoms with Gasteiger partial charge in [0.1, 0.15) is 5.82 Å². The smallest absolute Gasteiger partial charge is 0.388 e. The zero-order valence-corrected chi connectivity index (χ0v) is 7.95. The summed E-state index contributed by atoms with van der Waals surface area (Å²) in [6.07, 6.45) is 1.61. The molecule has 0 saturated heterocycles. The highest BCUT2D eigenvalue weighted by Crippen LogP contribution is 2.26. The Morgan fingerprint density at radius 3 is 3.00 bits per heavy atom. The number of aromatic amines is 2. The molecule has 0 aliphatic heterocycles. The first-order valence-electron chi connectivity index (χ1n) is 4.56. The van der Waals surface area contributed by atoms with Gasteiger partial charge in [-0.3, -0.25) is 0 Å². The second kappa shape index (κ2) is 3.06. The van der Waals surface area contributed by atoms with E-state index in [2.05, 4.69) is 15.2 Å². The third-order valence-corrected chi connectivity index (χ3v) is 2.31. The summed E-state index contributed by atoms with van der Waals surface area (Å²) in [5, 5.41) is 6.63. The number of nitrogens with one attached hydrogen (secondary N) is 2. The van der Waals surface area contributed by atoms with Crippen LogP contribution in [0, 0.1) is 5.82 Å². The molecule has 5 nitrogen and oxygen atoms in total. The first-order chi connectivity index (χ1) is 7.74. The van der Waals surface area contributed by atoms with E-state index in [1.54, 1.807) is 12.3 Å². The fraction of sp³-hybridized carbons (Fsp3) is 0. The van der Waals surface area contributed by atoms with Crippen LogP contribution in [0.1, 0.15) is 0 Å².